The van der Waals surface area contributed by atoms with Gasteiger partial charge in [0.05, 0.1) is 12.0 Å². The number of carboxylic acid groups (broad SMARTS) is 1. The number of carboxylic acids is 1. The van der Waals surface area contributed by atoms with Crippen molar-refractivity contribution in [3.8, 4) is 23.8 Å². The molecule has 0 radical (unpaired) electrons. The van der Waals surface area contributed by atoms with E-state index < -0.39 is 17.9 Å². The van der Waals surface area contributed by atoms with E-state index in [0.717, 1.165) is 16.7 Å². The standard InChI is InChI=1S/C17H15NO5S2/c1-4-7-23-12-6-5-11(8-13(12)22-3)9-14-15(19)18(17(24)25-14)10(2)16(20)21/h1,5-6,8-10H,7H2,2-3H3,(H,20,21)/b14-9-/t10-/m1/s1. The first-order chi connectivity index (χ1) is 11.9. The van der Waals surface area contributed by atoms with Crippen molar-refractivity contribution in [2.75, 3.05) is 13.7 Å². The molecule has 0 aliphatic carbocycles. The molecule has 6 nitrogen and oxygen atoms in total. The molecule has 1 aliphatic rings. The number of hydrogen-bond donors (Lipinski definition) is 1. The summed E-state index contributed by atoms with van der Waals surface area (Å²) in [5, 5.41) is 9.10. The number of hydrogen-bond acceptors (Lipinski definition) is 6. The Bertz CT molecular complexity index is 797. The number of thiocarbonyl (C=S) groups is 1. The van der Waals surface area contributed by atoms with Crippen LogP contribution in [0.3, 0.4) is 0 Å². The minimum atomic E-state index is -1.12. The molecule has 1 fully saturated rings. The van der Waals surface area contributed by atoms with Gasteiger partial charge in [0.2, 0.25) is 0 Å². The van der Waals surface area contributed by atoms with Crippen molar-refractivity contribution in [1.82, 2.24) is 4.90 Å². The minimum Gasteiger partial charge on any atom is -0.493 e. The van der Waals surface area contributed by atoms with E-state index in [9.17, 15) is 9.59 Å². The number of rotatable bonds is 6. The third-order valence-corrected chi connectivity index (χ3v) is 4.70. The summed E-state index contributed by atoms with van der Waals surface area (Å²) in [7, 11) is 1.50. The fraction of sp³-hybridized carbons (Fsp3) is 0.235. The van der Waals surface area contributed by atoms with Crippen LogP contribution in [0, 0.1) is 12.3 Å². The second kappa shape index (κ2) is 8.05. The van der Waals surface area contributed by atoms with Crippen molar-refractivity contribution in [3.05, 3.63) is 28.7 Å². The lowest BCUT2D eigenvalue weighted by Crippen LogP contribution is -2.41. The van der Waals surface area contributed by atoms with Crippen LogP contribution in [0.1, 0.15) is 12.5 Å². The lowest BCUT2D eigenvalue weighted by atomic mass is 10.1. The van der Waals surface area contributed by atoms with Gasteiger partial charge in [0.1, 0.15) is 17.0 Å². The van der Waals surface area contributed by atoms with E-state index in [1.165, 1.54) is 14.0 Å². The van der Waals surface area contributed by atoms with E-state index in [1.54, 1.807) is 24.3 Å². The number of benzene rings is 1. The van der Waals surface area contributed by atoms with Gasteiger partial charge in [-0.05, 0) is 30.7 Å². The molecule has 0 spiro atoms. The second-order valence-corrected chi connectivity index (χ2v) is 6.64. The maximum Gasteiger partial charge on any atom is 0.326 e. The number of ether oxygens (including phenoxy) is 2. The predicted molar refractivity (Wildman–Crippen MR) is 99.4 cm³/mol. The van der Waals surface area contributed by atoms with Crippen LogP contribution >= 0.6 is 24.0 Å². The summed E-state index contributed by atoms with van der Waals surface area (Å²) in [5.74, 6) is 1.78. The highest BCUT2D eigenvalue weighted by molar-refractivity contribution is 8.26. The number of nitrogens with zero attached hydrogens (tertiary/aromatic N) is 1. The molecule has 1 aromatic carbocycles. The molecule has 25 heavy (non-hydrogen) atoms. The third-order valence-electron chi connectivity index (χ3n) is 3.36. The minimum absolute atomic E-state index is 0.113. The molecule has 1 N–H and O–H groups in total. The Hall–Kier alpha value is -2.50. The Morgan fingerprint density at radius 1 is 1.52 bits per heavy atom. The number of carbonyl (C=O) groups is 2. The van der Waals surface area contributed by atoms with Crippen LogP contribution in [0.15, 0.2) is 23.1 Å². The number of thioether (sulfide) groups is 1. The number of amides is 1. The fourth-order valence-electron chi connectivity index (χ4n) is 2.09. The van der Waals surface area contributed by atoms with Crippen LogP contribution in [-0.2, 0) is 9.59 Å². The summed E-state index contributed by atoms with van der Waals surface area (Å²) in [5.41, 5.74) is 0.688. The zero-order chi connectivity index (χ0) is 18.6. The molecule has 2 rings (SSSR count). The van der Waals surface area contributed by atoms with Gasteiger partial charge in [-0.3, -0.25) is 9.69 Å². The zero-order valence-corrected chi connectivity index (χ0v) is 15.1. The van der Waals surface area contributed by atoms with E-state index in [-0.39, 0.29) is 10.9 Å². The van der Waals surface area contributed by atoms with Crippen LogP contribution in [0.25, 0.3) is 6.08 Å². The molecule has 0 aromatic heterocycles. The van der Waals surface area contributed by atoms with Crippen LogP contribution < -0.4 is 9.47 Å². The molecular weight excluding hydrogens is 362 g/mol. The van der Waals surface area contributed by atoms with Gasteiger partial charge in [-0.15, -0.1) is 6.42 Å². The number of terminal acetylenes is 1. The van der Waals surface area contributed by atoms with Crippen molar-refractivity contribution < 1.29 is 24.2 Å². The molecule has 0 bridgehead atoms. The SMILES string of the molecule is C#CCOc1ccc(/C=C2\SC(=S)N([C@H](C)C(=O)O)C2=O)cc1OC. The van der Waals surface area contributed by atoms with E-state index >= 15 is 0 Å². The quantitative estimate of drug-likeness (QED) is 0.463. The molecule has 1 amide bonds. The highest BCUT2D eigenvalue weighted by Crippen LogP contribution is 2.35. The van der Waals surface area contributed by atoms with Gasteiger partial charge >= 0.3 is 5.97 Å². The maximum absolute atomic E-state index is 12.4. The van der Waals surface area contributed by atoms with E-state index in [4.69, 9.17) is 33.2 Å². The summed E-state index contributed by atoms with van der Waals surface area (Å²) in [6.07, 6.45) is 6.80. The first-order valence-corrected chi connectivity index (χ1v) is 8.35. The molecule has 1 heterocycles. The second-order valence-electron chi connectivity index (χ2n) is 4.97. The average molecular weight is 377 g/mol. The highest BCUT2D eigenvalue weighted by atomic mass is 32.2. The van der Waals surface area contributed by atoms with Crippen LogP contribution in [-0.4, -0.2) is 46.0 Å². The summed E-state index contributed by atoms with van der Waals surface area (Å²) in [4.78, 5) is 25.0. The first kappa shape index (κ1) is 18.8. The molecule has 0 saturated carbocycles. The summed E-state index contributed by atoms with van der Waals surface area (Å²) in [6.45, 7) is 1.53. The van der Waals surface area contributed by atoms with E-state index in [0.29, 0.717) is 22.0 Å². The monoisotopic (exact) mass is 377 g/mol. The Morgan fingerprint density at radius 3 is 2.84 bits per heavy atom. The van der Waals surface area contributed by atoms with Crippen LogP contribution in [0.4, 0.5) is 0 Å². The Kier molecular flexibility index (Phi) is 6.07. The molecule has 1 saturated heterocycles. The van der Waals surface area contributed by atoms with Gasteiger partial charge < -0.3 is 14.6 Å². The van der Waals surface area contributed by atoms with Crippen molar-refractivity contribution in [1.29, 1.82) is 0 Å². The van der Waals surface area contributed by atoms with Crippen molar-refractivity contribution in [2.45, 2.75) is 13.0 Å². The van der Waals surface area contributed by atoms with Gasteiger partial charge in [-0.2, -0.15) is 0 Å². The zero-order valence-electron chi connectivity index (χ0n) is 13.5. The largest absolute Gasteiger partial charge is 0.493 e. The first-order valence-electron chi connectivity index (χ1n) is 7.13. The van der Waals surface area contributed by atoms with Gasteiger partial charge in [0, 0.05) is 0 Å². The maximum atomic E-state index is 12.4. The Labute approximate surface area is 154 Å². The van der Waals surface area contributed by atoms with Crippen molar-refractivity contribution >= 4 is 46.3 Å². The molecular formula is C17H15NO5S2. The smallest absolute Gasteiger partial charge is 0.326 e. The van der Waals surface area contributed by atoms with Crippen molar-refractivity contribution in [3.63, 3.8) is 0 Å². The third kappa shape index (κ3) is 4.13. The summed E-state index contributed by atoms with van der Waals surface area (Å²) in [6, 6.07) is 4.09. The van der Waals surface area contributed by atoms with Crippen molar-refractivity contribution in [2.24, 2.45) is 0 Å². The van der Waals surface area contributed by atoms with Gasteiger partial charge in [0.25, 0.3) is 5.91 Å². The highest BCUT2D eigenvalue weighted by Gasteiger charge is 2.38. The van der Waals surface area contributed by atoms with Crippen LogP contribution in [0.2, 0.25) is 0 Å². The molecule has 8 heteroatoms. The molecule has 1 aromatic rings. The topological polar surface area (TPSA) is 76.1 Å². The van der Waals surface area contributed by atoms with E-state index in [1.807, 2.05) is 0 Å². The van der Waals surface area contributed by atoms with E-state index in [2.05, 4.69) is 5.92 Å². The number of methoxy groups -OCH3 is 1. The summed E-state index contributed by atoms with van der Waals surface area (Å²) >= 11 is 6.18. The fourth-order valence-corrected chi connectivity index (χ4v) is 3.51. The molecule has 1 aliphatic heterocycles. The lowest BCUT2D eigenvalue weighted by molar-refractivity contribution is -0.144. The number of carbonyl (C=O) groups excluding carboxylic acids is 1. The molecule has 1 atom stereocenters. The normalized spacial score (nSPS) is 16.7. The van der Waals surface area contributed by atoms with Gasteiger partial charge in [0.15, 0.2) is 11.5 Å². The Balaban J connectivity index is 2.29. The lowest BCUT2D eigenvalue weighted by Gasteiger charge is -2.18. The van der Waals surface area contributed by atoms with Crippen LogP contribution in [0.5, 0.6) is 11.5 Å². The molecule has 0 unspecified atom stereocenters. The number of aliphatic carboxylic acids is 1. The predicted octanol–water partition coefficient (Wildman–Crippen LogP) is 2.38. The summed E-state index contributed by atoms with van der Waals surface area (Å²) < 4.78 is 10.8. The molecule has 130 valence electrons. The Morgan fingerprint density at radius 2 is 2.24 bits per heavy atom. The van der Waals surface area contributed by atoms with Gasteiger partial charge in [-0.1, -0.05) is 36.0 Å². The average Bonchev–Trinajstić information content (AvgIpc) is 2.86. The van der Waals surface area contributed by atoms with Gasteiger partial charge in [-0.25, -0.2) is 4.79 Å².